The van der Waals surface area contributed by atoms with Gasteiger partial charge in [0.25, 0.3) is 5.56 Å². The fraction of sp³-hybridized carbons (Fsp3) is 0.143. The Morgan fingerprint density at radius 1 is 1.07 bits per heavy atom. The second-order valence-electron chi connectivity index (χ2n) is 7.10. The van der Waals surface area contributed by atoms with Crippen LogP contribution in [0.2, 0.25) is 5.02 Å². The molecule has 2 aromatic carbocycles. The van der Waals surface area contributed by atoms with Crippen LogP contribution in [0, 0.1) is 0 Å². The first kappa shape index (κ1) is 17.8. The quantitative estimate of drug-likeness (QED) is 0.403. The number of rotatable bonds is 2. The van der Waals surface area contributed by atoms with E-state index in [0.29, 0.717) is 10.7 Å². The monoisotopic (exact) mass is 409 g/mol. The number of nitrogens with two attached hydrogens (primary N) is 1. The fourth-order valence-corrected chi connectivity index (χ4v) is 4.43. The minimum Gasteiger partial charge on any atom is -0.494 e. The van der Waals surface area contributed by atoms with Crippen LogP contribution in [-0.2, 0) is 6.42 Å². The molecule has 3 heterocycles. The van der Waals surface area contributed by atoms with E-state index >= 15 is 0 Å². The number of nitrogens with one attached hydrogen (secondary N) is 2. The van der Waals surface area contributed by atoms with Gasteiger partial charge in [0, 0.05) is 17.3 Å². The lowest BCUT2D eigenvalue weighted by Crippen LogP contribution is -2.87. The number of benzene rings is 2. The normalized spacial score (nSPS) is 16.1. The SMILES string of the molecule is O=c1[nH]c(=O)n(-c2ccccc2Cl)c(O)c1[C@H]1[NH2+]CCc2c1[nH]c1ccccc21. The third-order valence-corrected chi connectivity index (χ3v) is 5.80. The molecule has 4 aromatic rings. The molecule has 0 aliphatic carbocycles. The van der Waals surface area contributed by atoms with Gasteiger partial charge in [0.1, 0.15) is 5.56 Å². The molecule has 1 atom stereocenters. The van der Waals surface area contributed by atoms with Gasteiger partial charge in [-0.25, -0.2) is 9.36 Å². The number of para-hydroxylation sites is 2. The summed E-state index contributed by atoms with van der Waals surface area (Å²) in [5.41, 5.74) is 2.05. The van der Waals surface area contributed by atoms with Crippen molar-refractivity contribution in [2.75, 3.05) is 6.54 Å². The van der Waals surface area contributed by atoms with Crippen LogP contribution in [0.25, 0.3) is 16.6 Å². The molecule has 0 amide bonds. The van der Waals surface area contributed by atoms with E-state index in [1.165, 1.54) is 0 Å². The van der Waals surface area contributed by atoms with Crippen LogP contribution < -0.4 is 16.6 Å². The van der Waals surface area contributed by atoms with Crippen LogP contribution in [0.15, 0.2) is 58.1 Å². The maximum Gasteiger partial charge on any atom is 0.335 e. The molecule has 0 fully saturated rings. The standard InChI is InChI=1S/C21H17ClN4O3/c22-13-6-2-4-8-15(13)26-20(28)16(19(27)25-21(26)29)18-17-12(9-10-23-18)11-5-1-3-7-14(11)24-17/h1-8,18,23-24,28H,9-10H2,(H,25,27,29)/p+1/t18-/m1/s1. The smallest absolute Gasteiger partial charge is 0.335 e. The highest BCUT2D eigenvalue weighted by molar-refractivity contribution is 6.32. The van der Waals surface area contributed by atoms with Gasteiger partial charge in [0.15, 0.2) is 6.04 Å². The predicted molar refractivity (Wildman–Crippen MR) is 110 cm³/mol. The molecule has 0 saturated heterocycles. The van der Waals surface area contributed by atoms with Crippen molar-refractivity contribution in [1.82, 2.24) is 14.5 Å². The summed E-state index contributed by atoms with van der Waals surface area (Å²) in [4.78, 5) is 31.0. The average molecular weight is 410 g/mol. The van der Waals surface area contributed by atoms with E-state index in [4.69, 9.17) is 11.6 Å². The van der Waals surface area contributed by atoms with Crippen molar-refractivity contribution in [3.8, 4) is 11.6 Å². The van der Waals surface area contributed by atoms with Crippen LogP contribution in [0.1, 0.15) is 22.9 Å². The topological polar surface area (TPSA) is 107 Å². The molecule has 5 rings (SSSR count). The highest BCUT2D eigenvalue weighted by Gasteiger charge is 2.34. The molecule has 5 N–H and O–H groups in total. The van der Waals surface area contributed by atoms with Gasteiger partial charge in [-0.3, -0.25) is 9.78 Å². The maximum absolute atomic E-state index is 12.8. The molecule has 0 radical (unpaired) electrons. The van der Waals surface area contributed by atoms with E-state index in [1.807, 2.05) is 29.6 Å². The van der Waals surface area contributed by atoms with Gasteiger partial charge in [-0.05, 0) is 23.8 Å². The van der Waals surface area contributed by atoms with Crippen molar-refractivity contribution in [1.29, 1.82) is 0 Å². The van der Waals surface area contributed by atoms with Crippen molar-refractivity contribution in [3.63, 3.8) is 0 Å². The summed E-state index contributed by atoms with van der Waals surface area (Å²) in [5, 5.41) is 14.4. The Morgan fingerprint density at radius 3 is 2.66 bits per heavy atom. The van der Waals surface area contributed by atoms with E-state index in [2.05, 4.69) is 9.97 Å². The van der Waals surface area contributed by atoms with Gasteiger partial charge in [0.05, 0.1) is 22.9 Å². The van der Waals surface area contributed by atoms with E-state index in [1.54, 1.807) is 24.3 Å². The lowest BCUT2D eigenvalue weighted by molar-refractivity contribution is -0.690. The van der Waals surface area contributed by atoms with Crippen molar-refractivity contribution in [2.24, 2.45) is 0 Å². The summed E-state index contributed by atoms with van der Waals surface area (Å²) in [6.45, 7) is 0.754. The number of aromatic nitrogens is 3. The number of aromatic amines is 2. The van der Waals surface area contributed by atoms with Gasteiger partial charge in [-0.15, -0.1) is 0 Å². The maximum atomic E-state index is 12.8. The number of H-pyrrole nitrogens is 2. The van der Waals surface area contributed by atoms with Gasteiger partial charge >= 0.3 is 5.69 Å². The van der Waals surface area contributed by atoms with E-state index < -0.39 is 23.2 Å². The number of aromatic hydroxyl groups is 1. The van der Waals surface area contributed by atoms with Crippen molar-refractivity contribution >= 4 is 22.5 Å². The zero-order chi connectivity index (χ0) is 20.1. The Kier molecular flexibility index (Phi) is 4.08. The number of quaternary nitrogens is 1. The summed E-state index contributed by atoms with van der Waals surface area (Å²) in [6.07, 6.45) is 0.846. The minimum atomic E-state index is -0.739. The Labute approximate surface area is 169 Å². The Bertz CT molecular complexity index is 1370. The van der Waals surface area contributed by atoms with Crippen LogP contribution in [0.3, 0.4) is 0 Å². The number of halogens is 1. The summed E-state index contributed by atoms with van der Waals surface area (Å²) >= 11 is 6.24. The summed E-state index contributed by atoms with van der Waals surface area (Å²) in [5.74, 6) is -0.403. The molecule has 0 unspecified atom stereocenters. The molecule has 146 valence electrons. The van der Waals surface area contributed by atoms with Gasteiger partial charge in [-0.1, -0.05) is 41.9 Å². The molecule has 1 aliphatic rings. The third-order valence-electron chi connectivity index (χ3n) is 5.48. The number of hydrogen-bond acceptors (Lipinski definition) is 3. The molecule has 29 heavy (non-hydrogen) atoms. The van der Waals surface area contributed by atoms with Gasteiger partial charge in [-0.2, -0.15) is 0 Å². The molecule has 7 nitrogen and oxygen atoms in total. The lowest BCUT2D eigenvalue weighted by Gasteiger charge is -2.22. The van der Waals surface area contributed by atoms with Crippen molar-refractivity contribution in [3.05, 3.63) is 91.2 Å². The second kappa shape index (κ2) is 6.65. The first-order chi connectivity index (χ1) is 14.1. The van der Waals surface area contributed by atoms with E-state index in [0.717, 1.165) is 39.7 Å². The van der Waals surface area contributed by atoms with Gasteiger partial charge in [0.2, 0.25) is 5.88 Å². The first-order valence-corrected chi connectivity index (χ1v) is 9.70. The molecular formula is C21H18ClN4O3+. The highest BCUT2D eigenvalue weighted by atomic mass is 35.5. The Hall–Kier alpha value is -3.29. The van der Waals surface area contributed by atoms with Crippen molar-refractivity contribution in [2.45, 2.75) is 12.5 Å². The first-order valence-electron chi connectivity index (χ1n) is 9.32. The van der Waals surface area contributed by atoms with E-state index in [-0.39, 0.29) is 5.56 Å². The average Bonchev–Trinajstić information content (AvgIpc) is 3.09. The summed E-state index contributed by atoms with van der Waals surface area (Å²) < 4.78 is 1.05. The van der Waals surface area contributed by atoms with Crippen LogP contribution in [0.5, 0.6) is 5.88 Å². The second-order valence-corrected chi connectivity index (χ2v) is 7.51. The lowest BCUT2D eigenvalue weighted by atomic mass is 9.95. The summed E-state index contributed by atoms with van der Waals surface area (Å²) in [6, 6.07) is 14.2. The van der Waals surface area contributed by atoms with Crippen LogP contribution in [-0.4, -0.2) is 26.2 Å². The summed E-state index contributed by atoms with van der Waals surface area (Å²) in [7, 11) is 0. The number of nitrogens with zero attached hydrogens (tertiary/aromatic N) is 1. The van der Waals surface area contributed by atoms with Crippen LogP contribution >= 0.6 is 11.6 Å². The predicted octanol–water partition coefficient (Wildman–Crippen LogP) is 1.57. The molecule has 0 bridgehead atoms. The zero-order valence-electron chi connectivity index (χ0n) is 15.3. The van der Waals surface area contributed by atoms with Crippen molar-refractivity contribution < 1.29 is 10.4 Å². The molecule has 0 spiro atoms. The van der Waals surface area contributed by atoms with Crippen LogP contribution in [0.4, 0.5) is 0 Å². The Morgan fingerprint density at radius 2 is 1.83 bits per heavy atom. The minimum absolute atomic E-state index is 0.122. The molecule has 2 aromatic heterocycles. The molecule has 0 saturated carbocycles. The van der Waals surface area contributed by atoms with Gasteiger partial charge < -0.3 is 15.4 Å². The zero-order valence-corrected chi connectivity index (χ0v) is 16.0. The molecular weight excluding hydrogens is 392 g/mol. The Balaban J connectivity index is 1.77. The van der Waals surface area contributed by atoms with E-state index in [9.17, 15) is 14.7 Å². The fourth-order valence-electron chi connectivity index (χ4n) is 4.21. The number of fused-ring (bicyclic) bond motifs is 3. The number of hydrogen-bond donors (Lipinski definition) is 4. The highest BCUT2D eigenvalue weighted by Crippen LogP contribution is 2.33. The molecule has 8 heteroatoms. The largest absolute Gasteiger partial charge is 0.494 e. The third kappa shape index (κ3) is 2.70. The molecule has 1 aliphatic heterocycles.